The summed E-state index contributed by atoms with van der Waals surface area (Å²) in [5, 5.41) is 22.0. The maximum absolute atomic E-state index is 12.6. The second-order valence-corrected chi connectivity index (χ2v) is 8.17. The Hall–Kier alpha value is -2.72. The van der Waals surface area contributed by atoms with Gasteiger partial charge in [-0.1, -0.05) is 28.9 Å². The molecule has 0 aliphatic carbocycles. The molecule has 30 heavy (non-hydrogen) atoms. The first-order valence-electron chi connectivity index (χ1n) is 8.71. The lowest BCUT2D eigenvalue weighted by Gasteiger charge is -2.24. The topological polar surface area (TPSA) is 114 Å². The molecule has 0 saturated carbocycles. The van der Waals surface area contributed by atoms with E-state index in [1.807, 2.05) is 0 Å². The van der Waals surface area contributed by atoms with Gasteiger partial charge in [0.05, 0.1) is 4.47 Å². The third kappa shape index (κ3) is 5.25. The highest BCUT2D eigenvalue weighted by Crippen LogP contribution is 2.40. The molecule has 3 N–H and O–H groups in total. The molecule has 1 aliphatic heterocycles. The van der Waals surface area contributed by atoms with Crippen LogP contribution in [-0.2, 0) is 9.53 Å². The maximum Gasteiger partial charge on any atom is 0.412 e. The number of carbonyl (C=O) groups is 2. The van der Waals surface area contributed by atoms with Crippen molar-refractivity contribution in [1.29, 1.82) is 0 Å². The van der Waals surface area contributed by atoms with E-state index in [1.54, 1.807) is 37.3 Å². The lowest BCUT2D eigenvalue weighted by molar-refractivity contribution is -0.131. The number of anilines is 1. The fraction of sp³-hybridized carbons (Fsp3) is 0.200. The zero-order chi connectivity index (χ0) is 21.8. The van der Waals surface area contributed by atoms with Gasteiger partial charge in [-0.15, -0.1) is 0 Å². The number of halogens is 2. The zero-order valence-electron chi connectivity index (χ0n) is 15.6. The predicted molar refractivity (Wildman–Crippen MR) is 115 cm³/mol. The summed E-state index contributed by atoms with van der Waals surface area (Å²) < 4.78 is 17.1. The molecule has 0 unspecified atom stereocenters. The molecular weight excluding hydrogens is 526 g/mol. The fourth-order valence-corrected chi connectivity index (χ4v) is 4.09. The van der Waals surface area contributed by atoms with Crippen LogP contribution in [0.4, 0.5) is 10.5 Å². The standard InChI is InChI=1S/C20H17Br2NO7/c1-10(2-5-17(24)25)19(13-6-11(21)7-14(22)18(13)26)30-20(27)23-12-3-4-15-16(8-12)29-9-28-15/h2-8,10,19,26H,9H2,1H3,(H,23,27)(H,24,25)/b5-2+/t10-,19-/m0/s1. The van der Waals surface area contributed by atoms with Gasteiger partial charge in [-0.2, -0.15) is 0 Å². The van der Waals surface area contributed by atoms with Gasteiger partial charge in [-0.05, 0) is 40.2 Å². The number of hydrogen-bond acceptors (Lipinski definition) is 6. The largest absolute Gasteiger partial charge is 0.506 e. The molecule has 2 aromatic carbocycles. The number of aliphatic carboxylic acids is 1. The fourth-order valence-electron chi connectivity index (χ4n) is 2.83. The van der Waals surface area contributed by atoms with Gasteiger partial charge < -0.3 is 24.4 Å². The molecule has 10 heteroatoms. The smallest absolute Gasteiger partial charge is 0.412 e. The third-order valence-corrected chi connectivity index (χ3v) is 5.30. The van der Waals surface area contributed by atoms with Gasteiger partial charge in [-0.25, -0.2) is 9.59 Å². The van der Waals surface area contributed by atoms with Crippen molar-refractivity contribution in [3.63, 3.8) is 0 Å². The van der Waals surface area contributed by atoms with Crippen LogP contribution in [0.3, 0.4) is 0 Å². The zero-order valence-corrected chi connectivity index (χ0v) is 18.8. The minimum absolute atomic E-state index is 0.107. The van der Waals surface area contributed by atoms with Crippen molar-refractivity contribution >= 4 is 49.6 Å². The summed E-state index contributed by atoms with van der Waals surface area (Å²) in [4.78, 5) is 23.5. The summed E-state index contributed by atoms with van der Waals surface area (Å²) in [6.07, 6.45) is 0.587. The van der Waals surface area contributed by atoms with E-state index >= 15 is 0 Å². The van der Waals surface area contributed by atoms with Crippen molar-refractivity contribution in [2.45, 2.75) is 13.0 Å². The van der Waals surface area contributed by atoms with Crippen molar-refractivity contribution in [2.75, 3.05) is 12.1 Å². The molecule has 0 aromatic heterocycles. The molecule has 0 spiro atoms. The van der Waals surface area contributed by atoms with Crippen LogP contribution in [-0.4, -0.2) is 29.1 Å². The highest BCUT2D eigenvalue weighted by molar-refractivity contribution is 9.11. The van der Waals surface area contributed by atoms with E-state index in [1.165, 1.54) is 6.08 Å². The number of carboxylic acid groups (broad SMARTS) is 1. The molecule has 0 saturated heterocycles. The second-order valence-electron chi connectivity index (χ2n) is 6.40. The van der Waals surface area contributed by atoms with Crippen molar-refractivity contribution in [3.05, 3.63) is 57.0 Å². The highest BCUT2D eigenvalue weighted by atomic mass is 79.9. The molecule has 0 fully saturated rings. The number of phenols is 1. The van der Waals surface area contributed by atoms with E-state index in [9.17, 15) is 14.7 Å². The summed E-state index contributed by atoms with van der Waals surface area (Å²) in [6, 6.07) is 8.12. The van der Waals surface area contributed by atoms with E-state index < -0.39 is 24.1 Å². The Morgan fingerprint density at radius 3 is 2.67 bits per heavy atom. The van der Waals surface area contributed by atoms with E-state index in [2.05, 4.69) is 37.2 Å². The Morgan fingerprint density at radius 1 is 1.20 bits per heavy atom. The van der Waals surface area contributed by atoms with E-state index in [0.29, 0.717) is 31.7 Å². The Balaban J connectivity index is 1.85. The number of hydrogen-bond donors (Lipinski definition) is 3. The Kier molecular flexibility index (Phi) is 6.88. The maximum atomic E-state index is 12.6. The normalized spacial score (nSPS) is 14.4. The van der Waals surface area contributed by atoms with Crippen LogP contribution in [0.15, 0.2) is 51.4 Å². The minimum Gasteiger partial charge on any atom is -0.506 e. The number of benzene rings is 2. The van der Waals surface area contributed by atoms with Crippen LogP contribution in [0.2, 0.25) is 0 Å². The van der Waals surface area contributed by atoms with Crippen LogP contribution in [0.25, 0.3) is 0 Å². The second kappa shape index (κ2) is 9.40. The number of fused-ring (bicyclic) bond motifs is 1. The molecule has 1 heterocycles. The Bertz CT molecular complexity index is 1010. The first-order chi connectivity index (χ1) is 14.2. The Labute approximate surface area is 188 Å². The van der Waals surface area contributed by atoms with Crippen molar-refractivity contribution in [3.8, 4) is 17.2 Å². The van der Waals surface area contributed by atoms with E-state index in [4.69, 9.17) is 19.3 Å². The first-order valence-corrected chi connectivity index (χ1v) is 10.3. The molecule has 1 aliphatic rings. The number of ether oxygens (including phenoxy) is 3. The Morgan fingerprint density at radius 2 is 1.93 bits per heavy atom. The lowest BCUT2D eigenvalue weighted by atomic mass is 9.96. The number of nitrogens with one attached hydrogen (secondary N) is 1. The van der Waals surface area contributed by atoms with Crippen LogP contribution in [0.5, 0.6) is 17.2 Å². The first kappa shape index (κ1) is 22.0. The molecule has 2 aromatic rings. The van der Waals surface area contributed by atoms with Gasteiger partial charge >= 0.3 is 12.1 Å². The average molecular weight is 543 g/mol. The van der Waals surface area contributed by atoms with Gasteiger partial charge in [0.1, 0.15) is 11.9 Å². The lowest BCUT2D eigenvalue weighted by Crippen LogP contribution is -2.21. The van der Waals surface area contributed by atoms with Gasteiger partial charge in [0.2, 0.25) is 6.79 Å². The van der Waals surface area contributed by atoms with Crippen LogP contribution < -0.4 is 14.8 Å². The molecule has 158 valence electrons. The van der Waals surface area contributed by atoms with E-state index in [-0.39, 0.29) is 12.5 Å². The van der Waals surface area contributed by atoms with Crippen LogP contribution >= 0.6 is 31.9 Å². The number of carboxylic acids is 1. The summed E-state index contributed by atoms with van der Waals surface area (Å²) in [6.45, 7) is 1.78. The number of rotatable bonds is 6. The summed E-state index contributed by atoms with van der Waals surface area (Å²) in [5.41, 5.74) is 0.732. The summed E-state index contributed by atoms with van der Waals surface area (Å²) in [7, 11) is 0. The van der Waals surface area contributed by atoms with Crippen molar-refractivity contribution < 1.29 is 34.0 Å². The van der Waals surface area contributed by atoms with Gasteiger partial charge in [0.15, 0.2) is 11.5 Å². The number of carbonyl (C=O) groups excluding carboxylic acids is 1. The van der Waals surface area contributed by atoms with Gasteiger partial charge in [-0.3, -0.25) is 5.32 Å². The third-order valence-electron chi connectivity index (χ3n) is 4.24. The monoisotopic (exact) mass is 541 g/mol. The SMILES string of the molecule is C[C@@H](/C=C/C(=O)O)[C@H](OC(=O)Nc1ccc2c(c1)OCO2)c1cc(Br)cc(Br)c1O. The van der Waals surface area contributed by atoms with Gasteiger partial charge in [0, 0.05) is 33.8 Å². The quantitative estimate of drug-likeness (QED) is 0.429. The summed E-state index contributed by atoms with van der Waals surface area (Å²) in [5.74, 6) is -0.741. The molecular formula is C20H17Br2NO7. The number of phenolic OH excluding ortho intramolecular Hbond substituents is 1. The highest BCUT2D eigenvalue weighted by Gasteiger charge is 2.27. The molecule has 8 nitrogen and oxygen atoms in total. The average Bonchev–Trinajstić information content (AvgIpc) is 3.15. The molecule has 3 rings (SSSR count). The van der Waals surface area contributed by atoms with Crippen LogP contribution in [0, 0.1) is 5.92 Å². The molecule has 2 atom stereocenters. The number of amides is 1. The van der Waals surface area contributed by atoms with Crippen LogP contribution in [0.1, 0.15) is 18.6 Å². The summed E-state index contributed by atoms with van der Waals surface area (Å²) >= 11 is 6.59. The van der Waals surface area contributed by atoms with Crippen molar-refractivity contribution in [2.24, 2.45) is 5.92 Å². The van der Waals surface area contributed by atoms with Gasteiger partial charge in [0.25, 0.3) is 0 Å². The molecule has 0 radical (unpaired) electrons. The minimum atomic E-state index is -1.13. The van der Waals surface area contributed by atoms with Crippen molar-refractivity contribution in [1.82, 2.24) is 0 Å². The molecule has 1 amide bonds. The van der Waals surface area contributed by atoms with E-state index in [0.717, 1.165) is 6.08 Å². The number of aromatic hydroxyl groups is 1. The molecule has 0 bridgehead atoms. The predicted octanol–water partition coefficient (Wildman–Crippen LogP) is 5.21.